The zero-order valence-electron chi connectivity index (χ0n) is 86.3. The number of pyridine rings is 7. The van der Waals surface area contributed by atoms with Gasteiger partial charge in [-0.3, -0.25) is 15.0 Å². The molecule has 136 heavy (non-hydrogen) atoms. The highest BCUT2D eigenvalue weighted by Gasteiger charge is 2.25. The standard InChI is InChI=1S/C18H25NO3S.C18H23NOS.C16H21NOS.C15H19NOS.C13H15NS.C12H14.C10H14.2C8H11N/c1-6-22-17-10-15(13(4)5)14-8-7-9-16(18(14)19-17)23(20,21)11-12(2)3;1-4-20-17-10-15(12(2)3)14-6-5-7-16(18(14)19-17)21-11-13-8-9-13;1-5-18-15-10-13(11(3)4)12-8-7-9-14(19-6-2)16(12)17-15;1-5-17-14-9-12(10(2)3)11-7-6-8-13(18-4)15(11)16-14;1-9(2)10-7-8-14-13-11(10)5-4-6-12(13)15-3;1-11(2)7-6-10-12-8-4-3-5-9-12;1-9(2)8-10-6-4-3-5-7-10;1-7(2)8-3-5-9-6-4-8;1-7(2)8-5-3-4-6-9-8/h7-10,12-13H,6,11H2,1-5H3;5-7,10,12-13H,4,8-9,11H2,1-3H3;7-11H,5-6H2,1-4H3;6-10H,5H2,1-4H3;4-9H,1-3H3;3-5,8-9,11H,7H2,1-2H3;3-7,9H,8H2,1-2H3;2*3-7H,1-2H3. The predicted octanol–water partition coefficient (Wildman–Crippen LogP) is 33.3. The number of sulfone groups is 1. The number of fused-ring (bicyclic) bond motifs is 5. The van der Waals surface area contributed by atoms with E-state index in [0.29, 0.717) is 84.1 Å². The van der Waals surface area contributed by atoms with Crippen LogP contribution in [-0.4, -0.2) is 99.5 Å². The van der Waals surface area contributed by atoms with E-state index in [4.69, 9.17) is 23.9 Å². The van der Waals surface area contributed by atoms with Gasteiger partial charge in [0.15, 0.2) is 9.84 Å². The molecular weight excluding hydrogens is 1770 g/mol. The molecule has 1 aliphatic rings. The monoisotopic (exact) mass is 1920 g/mol. The van der Waals surface area contributed by atoms with Crippen LogP contribution in [0.25, 0.3) is 54.5 Å². The lowest BCUT2D eigenvalue weighted by molar-refractivity contribution is 0.327. The number of ether oxygens (including phenoxy) is 4. The number of nitrogens with zero attached hydrogens (tertiary/aromatic N) is 7. The van der Waals surface area contributed by atoms with Crippen LogP contribution in [-0.2, 0) is 16.3 Å². The highest BCUT2D eigenvalue weighted by atomic mass is 32.2. The van der Waals surface area contributed by atoms with E-state index in [1.54, 1.807) is 35.7 Å². The van der Waals surface area contributed by atoms with Gasteiger partial charge in [-0.2, -0.15) is 0 Å². The average Bonchev–Trinajstić information content (AvgIpc) is 1.25. The minimum atomic E-state index is -3.38. The van der Waals surface area contributed by atoms with Gasteiger partial charge in [0.25, 0.3) is 0 Å². The van der Waals surface area contributed by atoms with Crippen molar-refractivity contribution in [3.05, 3.63) is 287 Å². The van der Waals surface area contributed by atoms with Crippen molar-refractivity contribution in [3.8, 4) is 35.4 Å². The fourth-order valence-electron chi connectivity index (χ4n) is 14.8. The van der Waals surface area contributed by atoms with Crippen molar-refractivity contribution in [1.29, 1.82) is 0 Å². The molecule has 13 nitrogen and oxygen atoms in total. The third-order valence-corrected chi connectivity index (χ3v) is 27.6. The Hall–Kier alpha value is -10.0. The third kappa shape index (κ3) is 36.7. The van der Waals surface area contributed by atoms with Gasteiger partial charge < -0.3 is 18.9 Å². The first-order valence-corrected chi connectivity index (χ1v) is 54.9. The van der Waals surface area contributed by atoms with Crippen LogP contribution in [0, 0.1) is 35.5 Å². The smallest absolute Gasteiger partial charge is 0.214 e. The molecule has 7 aromatic heterocycles. The van der Waals surface area contributed by atoms with Crippen LogP contribution in [0.3, 0.4) is 0 Å². The number of hydrogen-bond donors (Lipinski definition) is 0. The Labute approximate surface area is 834 Å². The molecule has 1 aliphatic carbocycles. The van der Waals surface area contributed by atoms with Crippen LogP contribution < -0.4 is 18.9 Å². The van der Waals surface area contributed by atoms with E-state index in [2.05, 4.69) is 313 Å². The Kier molecular flexibility index (Phi) is 49.3. The molecule has 0 spiro atoms. The van der Waals surface area contributed by atoms with E-state index >= 15 is 0 Å². The first-order valence-electron chi connectivity index (χ1n) is 48.8. The number of aromatic nitrogens is 7. The maximum atomic E-state index is 12.7. The lowest BCUT2D eigenvalue weighted by Crippen LogP contribution is -2.13. The van der Waals surface area contributed by atoms with Gasteiger partial charge in [0.2, 0.25) is 23.5 Å². The fourth-order valence-corrected chi connectivity index (χ4v) is 19.7. The van der Waals surface area contributed by atoms with Crippen molar-refractivity contribution in [2.24, 2.45) is 23.7 Å². The second-order valence-corrected chi connectivity index (χ2v) is 42.9. The van der Waals surface area contributed by atoms with Crippen LogP contribution >= 0.6 is 47.0 Å². The second kappa shape index (κ2) is 59.3. The number of rotatable bonds is 28. The summed E-state index contributed by atoms with van der Waals surface area (Å²) in [5.41, 5.74) is 16.3. The summed E-state index contributed by atoms with van der Waals surface area (Å²) in [6.07, 6.45) is 16.5. The molecule has 0 bridgehead atoms. The lowest BCUT2D eigenvalue weighted by atomic mass is 9.99. The van der Waals surface area contributed by atoms with Crippen LogP contribution in [0.4, 0.5) is 0 Å². The van der Waals surface area contributed by atoms with Gasteiger partial charge in [0.1, 0.15) is 0 Å². The van der Waals surface area contributed by atoms with Gasteiger partial charge in [-0.25, -0.2) is 28.4 Å². The topological polar surface area (TPSA) is 161 Å². The molecule has 1 fully saturated rings. The molecule has 15 rings (SSSR count). The fraction of sp³-hybridized carbons (Fsp3) is 0.415. The number of thioether (sulfide) groups is 4. The predicted molar refractivity (Wildman–Crippen MR) is 589 cm³/mol. The van der Waals surface area contributed by atoms with Crippen LogP contribution in [0.5, 0.6) is 23.5 Å². The van der Waals surface area contributed by atoms with Crippen molar-refractivity contribution in [2.45, 2.75) is 265 Å². The Bertz CT molecular complexity index is 6040. The molecule has 1 saturated carbocycles. The van der Waals surface area contributed by atoms with Crippen molar-refractivity contribution < 1.29 is 27.4 Å². The number of benzene rings is 7. The zero-order valence-corrected chi connectivity index (χ0v) is 90.3. The van der Waals surface area contributed by atoms with Crippen molar-refractivity contribution in [2.75, 3.05) is 56.2 Å². The first-order chi connectivity index (χ1) is 65.2. The molecule has 18 heteroatoms. The summed E-state index contributed by atoms with van der Waals surface area (Å²) >= 11 is 7.27. The summed E-state index contributed by atoms with van der Waals surface area (Å²) < 4.78 is 47.9. The summed E-state index contributed by atoms with van der Waals surface area (Å²) in [5, 5.41) is 5.93. The SMILES string of the molecule is CC(C)CC#Cc1ccccc1.CC(C)Cc1ccccc1.CC(C)c1ccccn1.CC(C)c1ccncc1.CCOc1cc(C(C)C)c2cccc(S(=O)(=O)CC(C)C)c2n1.CCOc1cc(C(C)C)c2cccc(SC)c2n1.CCOc1cc(C(C)C)c2cccc(SCC)c2n1.CCOc1cc(C(C)C)c2cccc(SCC3CC3)c2n1.CSc1cccc2c(C(C)C)ccnc12. The minimum absolute atomic E-state index is 0.0647. The van der Waals surface area contributed by atoms with E-state index in [1.165, 1.54) is 99.5 Å². The molecule has 7 aromatic carbocycles. The van der Waals surface area contributed by atoms with E-state index < -0.39 is 9.84 Å². The summed E-state index contributed by atoms with van der Waals surface area (Å²) in [4.78, 5) is 36.4. The van der Waals surface area contributed by atoms with E-state index in [1.807, 2.05) is 163 Å². The normalized spacial score (nSPS) is 11.6. The minimum Gasteiger partial charge on any atom is -0.478 e. The summed E-state index contributed by atoms with van der Waals surface area (Å²) in [6, 6.07) is 72.2. The van der Waals surface area contributed by atoms with Crippen molar-refractivity contribution in [3.63, 3.8) is 0 Å². The average molecular weight is 1930 g/mol. The van der Waals surface area contributed by atoms with Gasteiger partial charge in [0.05, 0.1) is 64.7 Å². The van der Waals surface area contributed by atoms with E-state index in [0.717, 1.165) is 85.9 Å². The highest BCUT2D eigenvalue weighted by molar-refractivity contribution is 8.00. The lowest BCUT2D eigenvalue weighted by Gasteiger charge is -2.15. The van der Waals surface area contributed by atoms with E-state index in [9.17, 15) is 8.42 Å². The quantitative estimate of drug-likeness (QED) is 0.0336. The maximum absolute atomic E-state index is 12.7. The Morgan fingerprint density at radius 1 is 0.368 bits per heavy atom. The molecule has 0 amide bonds. The Morgan fingerprint density at radius 2 is 0.772 bits per heavy atom. The van der Waals surface area contributed by atoms with Gasteiger partial charge in [-0.15, -0.1) is 47.0 Å². The molecule has 0 N–H and O–H groups in total. The van der Waals surface area contributed by atoms with Gasteiger partial charge in [-0.1, -0.05) is 273 Å². The van der Waals surface area contributed by atoms with Crippen LogP contribution in [0.15, 0.2) is 262 Å². The Balaban J connectivity index is 0.000000212. The third-order valence-electron chi connectivity index (χ3n) is 21.7. The molecule has 0 saturated heterocycles. The van der Waals surface area contributed by atoms with E-state index in [-0.39, 0.29) is 17.6 Å². The molecule has 0 radical (unpaired) electrons. The Morgan fingerprint density at radius 3 is 1.15 bits per heavy atom. The van der Waals surface area contributed by atoms with Crippen molar-refractivity contribution in [1.82, 2.24) is 34.9 Å². The largest absolute Gasteiger partial charge is 0.478 e. The molecule has 0 aliphatic heterocycles. The molecule has 14 aromatic rings. The number of hydrogen-bond acceptors (Lipinski definition) is 17. The van der Waals surface area contributed by atoms with Crippen LogP contribution in [0.1, 0.15) is 284 Å². The first kappa shape index (κ1) is 113. The summed E-state index contributed by atoms with van der Waals surface area (Å²) in [5.74, 6) is 17.2. The molecular formula is C118H153N7O6S5. The van der Waals surface area contributed by atoms with Crippen LogP contribution in [0.2, 0.25) is 0 Å². The van der Waals surface area contributed by atoms with Crippen molar-refractivity contribution >= 4 is 111 Å². The zero-order chi connectivity index (χ0) is 99.4. The summed E-state index contributed by atoms with van der Waals surface area (Å²) in [7, 11) is -3.38. The van der Waals surface area contributed by atoms with Gasteiger partial charge in [-0.05, 0) is 242 Å². The second-order valence-electron chi connectivity index (χ2n) is 36.8. The molecule has 0 atom stereocenters. The number of para-hydroxylation sites is 5. The van der Waals surface area contributed by atoms with Gasteiger partial charge in [0, 0.05) is 119 Å². The maximum Gasteiger partial charge on any atom is 0.214 e. The molecule has 7 heterocycles. The highest BCUT2D eigenvalue weighted by Crippen LogP contribution is 2.41. The molecule has 0 unspecified atom stereocenters. The molecule has 726 valence electrons. The van der Waals surface area contributed by atoms with Gasteiger partial charge >= 0.3 is 0 Å². The summed E-state index contributed by atoms with van der Waals surface area (Å²) in [6.45, 7) is 55.7.